The Balaban J connectivity index is 2.26. The topological polar surface area (TPSA) is 82.0 Å². The van der Waals surface area contributed by atoms with E-state index in [2.05, 4.69) is 20.6 Å². The Labute approximate surface area is 90.3 Å². The fraction of sp³-hybridized carbons (Fsp3) is 0. The number of halogens is 1. The maximum absolute atomic E-state index is 5.92. The predicted octanol–water partition coefficient (Wildman–Crippen LogP) is 0.791. The van der Waals surface area contributed by atoms with Crippen LogP contribution in [0.25, 0.3) is 0 Å². The van der Waals surface area contributed by atoms with E-state index in [0.29, 0.717) is 5.02 Å². The van der Waals surface area contributed by atoms with Crippen LogP contribution in [0, 0.1) is 0 Å². The molecular weight excluding hydrogens is 216 g/mol. The lowest BCUT2D eigenvalue weighted by Gasteiger charge is -1.95. The lowest BCUT2D eigenvalue weighted by atomic mass is 10.2. The third kappa shape index (κ3) is 2.10. The lowest BCUT2D eigenvalue weighted by molar-refractivity contribution is 0.699. The number of nitrogens with zero attached hydrogens (tertiary/aromatic N) is 5. The summed E-state index contributed by atoms with van der Waals surface area (Å²) in [6.45, 7) is 0. The van der Waals surface area contributed by atoms with Crippen LogP contribution in [-0.2, 0) is 0 Å². The Kier molecular flexibility index (Phi) is 2.59. The van der Waals surface area contributed by atoms with Gasteiger partial charge in [0.25, 0.3) is 5.95 Å². The normalized spacial score (nSPS) is 11.0. The molecule has 0 saturated heterocycles. The zero-order valence-corrected chi connectivity index (χ0v) is 8.33. The molecule has 0 aliphatic rings. The average Bonchev–Trinajstić information content (AvgIpc) is 2.63. The first kappa shape index (κ1) is 9.60. The van der Waals surface area contributed by atoms with Crippen molar-refractivity contribution < 1.29 is 0 Å². The Morgan fingerprint density at radius 2 is 2.20 bits per heavy atom. The third-order valence-corrected chi connectivity index (χ3v) is 2.03. The van der Waals surface area contributed by atoms with Crippen LogP contribution in [-0.4, -0.2) is 26.5 Å². The summed E-state index contributed by atoms with van der Waals surface area (Å²) >= 11 is 5.92. The molecule has 2 aromatic rings. The molecule has 0 amide bonds. The molecule has 0 aliphatic heterocycles. The summed E-state index contributed by atoms with van der Waals surface area (Å²) in [5.41, 5.74) is 6.20. The molecule has 6 nitrogen and oxygen atoms in total. The van der Waals surface area contributed by atoms with E-state index >= 15 is 0 Å². The van der Waals surface area contributed by atoms with Crippen LogP contribution >= 0.6 is 11.6 Å². The molecule has 1 heterocycles. The lowest BCUT2D eigenvalue weighted by Crippen LogP contribution is -1.99. The van der Waals surface area contributed by atoms with Crippen LogP contribution < -0.4 is 5.73 Å². The van der Waals surface area contributed by atoms with Gasteiger partial charge in [-0.2, -0.15) is 5.10 Å². The summed E-state index contributed by atoms with van der Waals surface area (Å²) < 4.78 is 0. The number of hydrogen-bond donors (Lipinski definition) is 1. The van der Waals surface area contributed by atoms with E-state index in [1.165, 1.54) is 6.21 Å². The second kappa shape index (κ2) is 4.05. The summed E-state index contributed by atoms with van der Waals surface area (Å²) in [5.74, 6) is 0.123. The number of benzene rings is 1. The smallest absolute Gasteiger partial charge is 0.263 e. The molecule has 0 saturated carbocycles. The first-order valence-electron chi connectivity index (χ1n) is 4.10. The van der Waals surface area contributed by atoms with Crippen molar-refractivity contribution in [2.24, 2.45) is 5.10 Å². The highest BCUT2D eigenvalue weighted by molar-refractivity contribution is 6.33. The SMILES string of the molecule is Nc1nnnn1N=Cc1ccccc1Cl. The molecule has 0 spiro atoms. The Morgan fingerprint density at radius 3 is 2.87 bits per heavy atom. The maximum Gasteiger partial charge on any atom is 0.263 e. The van der Waals surface area contributed by atoms with Crippen LogP contribution in [0.3, 0.4) is 0 Å². The molecule has 0 atom stereocenters. The summed E-state index contributed by atoms with van der Waals surface area (Å²) in [6.07, 6.45) is 1.54. The van der Waals surface area contributed by atoms with Gasteiger partial charge in [0.2, 0.25) is 0 Å². The van der Waals surface area contributed by atoms with Gasteiger partial charge >= 0.3 is 0 Å². The van der Waals surface area contributed by atoms with E-state index in [1.54, 1.807) is 6.07 Å². The molecule has 0 radical (unpaired) electrons. The Bertz CT molecular complexity index is 491. The average molecular weight is 223 g/mol. The van der Waals surface area contributed by atoms with Crippen molar-refractivity contribution >= 4 is 23.8 Å². The number of rotatable bonds is 2. The second-order valence-corrected chi connectivity index (χ2v) is 3.10. The van der Waals surface area contributed by atoms with E-state index in [-0.39, 0.29) is 5.95 Å². The van der Waals surface area contributed by atoms with Gasteiger partial charge in [-0.1, -0.05) is 39.7 Å². The first-order valence-corrected chi connectivity index (χ1v) is 4.48. The number of nitrogen functional groups attached to an aromatic ring is 1. The molecular formula is C8H7ClN6. The predicted molar refractivity (Wildman–Crippen MR) is 56.7 cm³/mol. The number of nitrogens with two attached hydrogens (primary N) is 1. The van der Waals surface area contributed by atoms with Crippen LogP contribution in [0.5, 0.6) is 0 Å². The molecule has 1 aromatic carbocycles. The van der Waals surface area contributed by atoms with Crippen LogP contribution in [0.2, 0.25) is 5.02 Å². The molecule has 0 bridgehead atoms. The summed E-state index contributed by atoms with van der Waals surface area (Å²) in [5, 5.41) is 14.9. The number of tetrazole rings is 1. The van der Waals surface area contributed by atoms with Gasteiger partial charge in [-0.15, -0.1) is 0 Å². The van der Waals surface area contributed by atoms with E-state index in [9.17, 15) is 0 Å². The van der Waals surface area contributed by atoms with Crippen LogP contribution in [0.4, 0.5) is 5.95 Å². The molecule has 0 fully saturated rings. The van der Waals surface area contributed by atoms with E-state index in [4.69, 9.17) is 17.3 Å². The number of hydrogen-bond acceptors (Lipinski definition) is 5. The van der Waals surface area contributed by atoms with Crippen molar-refractivity contribution in [1.82, 2.24) is 20.3 Å². The second-order valence-electron chi connectivity index (χ2n) is 2.69. The van der Waals surface area contributed by atoms with Crippen LogP contribution in [0.1, 0.15) is 5.56 Å². The van der Waals surface area contributed by atoms with Gasteiger partial charge in [-0.25, -0.2) is 0 Å². The molecule has 2 rings (SSSR count). The molecule has 0 unspecified atom stereocenters. The minimum absolute atomic E-state index is 0.123. The molecule has 1 aromatic heterocycles. The van der Waals surface area contributed by atoms with Gasteiger partial charge in [0, 0.05) is 10.6 Å². The number of anilines is 1. The van der Waals surface area contributed by atoms with Gasteiger partial charge in [0.05, 0.1) is 6.21 Å². The Hall–Kier alpha value is -1.95. The van der Waals surface area contributed by atoms with Crippen molar-refractivity contribution in [1.29, 1.82) is 0 Å². The summed E-state index contributed by atoms with van der Waals surface area (Å²) in [4.78, 5) is 1.11. The maximum atomic E-state index is 5.92. The first-order chi connectivity index (χ1) is 7.27. The minimum atomic E-state index is 0.123. The van der Waals surface area contributed by atoms with Gasteiger partial charge in [-0.3, -0.25) is 0 Å². The fourth-order valence-corrected chi connectivity index (χ4v) is 1.15. The van der Waals surface area contributed by atoms with E-state index in [1.807, 2.05) is 18.2 Å². The quantitative estimate of drug-likeness (QED) is 0.762. The molecule has 7 heteroatoms. The van der Waals surface area contributed by atoms with E-state index in [0.717, 1.165) is 10.4 Å². The van der Waals surface area contributed by atoms with Gasteiger partial charge in [0.15, 0.2) is 0 Å². The molecule has 15 heavy (non-hydrogen) atoms. The van der Waals surface area contributed by atoms with E-state index < -0.39 is 0 Å². The molecule has 2 N–H and O–H groups in total. The van der Waals surface area contributed by atoms with Gasteiger partial charge in [0.1, 0.15) is 0 Å². The standard InChI is InChI=1S/C8H7ClN6/c9-7-4-2-1-3-6(7)5-11-15-8(10)12-13-14-15/h1-5H,(H2,10,12,14). The Morgan fingerprint density at radius 1 is 1.40 bits per heavy atom. The monoisotopic (exact) mass is 222 g/mol. The number of aromatic nitrogens is 4. The fourth-order valence-electron chi connectivity index (χ4n) is 0.968. The zero-order chi connectivity index (χ0) is 10.7. The summed E-state index contributed by atoms with van der Waals surface area (Å²) in [7, 11) is 0. The van der Waals surface area contributed by atoms with Crippen molar-refractivity contribution in [2.45, 2.75) is 0 Å². The molecule has 0 aliphatic carbocycles. The highest BCUT2D eigenvalue weighted by atomic mass is 35.5. The minimum Gasteiger partial charge on any atom is -0.365 e. The van der Waals surface area contributed by atoms with Gasteiger partial charge < -0.3 is 5.73 Å². The highest BCUT2D eigenvalue weighted by Crippen LogP contribution is 2.12. The highest BCUT2D eigenvalue weighted by Gasteiger charge is 1.98. The van der Waals surface area contributed by atoms with Crippen LogP contribution in [0.15, 0.2) is 29.4 Å². The van der Waals surface area contributed by atoms with Crippen molar-refractivity contribution in [3.8, 4) is 0 Å². The largest absolute Gasteiger partial charge is 0.365 e. The van der Waals surface area contributed by atoms with Crippen molar-refractivity contribution in [3.63, 3.8) is 0 Å². The summed E-state index contributed by atoms with van der Waals surface area (Å²) in [6, 6.07) is 7.29. The van der Waals surface area contributed by atoms with Gasteiger partial charge in [-0.05, 0) is 16.5 Å². The van der Waals surface area contributed by atoms with Crippen molar-refractivity contribution in [3.05, 3.63) is 34.9 Å². The third-order valence-electron chi connectivity index (χ3n) is 1.69. The zero-order valence-electron chi connectivity index (χ0n) is 7.58. The van der Waals surface area contributed by atoms with Crippen molar-refractivity contribution in [2.75, 3.05) is 5.73 Å². The molecule has 76 valence electrons.